The zero-order valence-corrected chi connectivity index (χ0v) is 9.39. The minimum absolute atomic E-state index is 0.0102. The van der Waals surface area contributed by atoms with Crippen molar-refractivity contribution in [3.8, 4) is 0 Å². The average Bonchev–Trinajstić information content (AvgIpc) is 2.64. The summed E-state index contributed by atoms with van der Waals surface area (Å²) >= 11 is 0. The highest BCUT2D eigenvalue weighted by atomic mass is 16.5. The third kappa shape index (κ3) is 2.06. The van der Waals surface area contributed by atoms with E-state index in [1.807, 2.05) is 6.21 Å². The number of ether oxygens (including phenoxy) is 1. The van der Waals surface area contributed by atoms with Crippen LogP contribution in [-0.2, 0) is 4.74 Å². The lowest BCUT2D eigenvalue weighted by atomic mass is 9.85. The smallest absolute Gasteiger partial charge is 0.0828 e. The highest BCUT2D eigenvalue weighted by molar-refractivity contribution is 5.66. The molecule has 5 nitrogen and oxygen atoms in total. The molecule has 5 heteroatoms. The highest BCUT2D eigenvalue weighted by Crippen LogP contribution is 2.23. The Balaban J connectivity index is 2.12. The summed E-state index contributed by atoms with van der Waals surface area (Å²) in [6.07, 6.45) is 2.02. The molecular weight excluding hydrogens is 192 g/mol. The monoisotopic (exact) mass is 212 g/mol. The van der Waals surface area contributed by atoms with Gasteiger partial charge in [-0.15, -0.1) is 0 Å². The van der Waals surface area contributed by atoms with Crippen LogP contribution < -0.4 is 11.1 Å². The molecule has 0 aromatic carbocycles. The van der Waals surface area contributed by atoms with Crippen LogP contribution in [0.5, 0.6) is 0 Å². The van der Waals surface area contributed by atoms with Crippen molar-refractivity contribution in [2.45, 2.75) is 18.2 Å². The van der Waals surface area contributed by atoms with Crippen LogP contribution in [0.3, 0.4) is 0 Å². The molecule has 2 heterocycles. The van der Waals surface area contributed by atoms with Crippen molar-refractivity contribution in [3.05, 3.63) is 0 Å². The van der Waals surface area contributed by atoms with Gasteiger partial charge in [-0.1, -0.05) is 0 Å². The van der Waals surface area contributed by atoms with Crippen LogP contribution >= 0.6 is 0 Å². The number of nitrogens with one attached hydrogen (secondary N) is 1. The normalized spacial score (nSPS) is 42.3. The van der Waals surface area contributed by atoms with E-state index in [0.29, 0.717) is 12.0 Å². The van der Waals surface area contributed by atoms with Crippen molar-refractivity contribution in [2.75, 3.05) is 33.9 Å². The van der Waals surface area contributed by atoms with Gasteiger partial charge >= 0.3 is 0 Å². The number of methoxy groups -OCH3 is 1. The zero-order valence-electron chi connectivity index (χ0n) is 9.39. The molecule has 0 aromatic rings. The number of nitrogens with zero attached hydrogens (tertiary/aromatic N) is 2. The Morgan fingerprint density at radius 3 is 3.00 bits per heavy atom. The third-order valence-electron chi connectivity index (χ3n) is 3.46. The maximum Gasteiger partial charge on any atom is 0.0828 e. The van der Waals surface area contributed by atoms with Gasteiger partial charge in [0.15, 0.2) is 0 Å². The van der Waals surface area contributed by atoms with Crippen LogP contribution in [0.4, 0.5) is 0 Å². The van der Waals surface area contributed by atoms with E-state index >= 15 is 0 Å². The molecule has 1 fully saturated rings. The molecule has 0 bridgehead atoms. The minimum atomic E-state index is 0.0102. The van der Waals surface area contributed by atoms with Crippen LogP contribution in [0.25, 0.3) is 0 Å². The second kappa shape index (κ2) is 4.57. The number of rotatable bonds is 2. The first kappa shape index (κ1) is 11.0. The molecule has 0 aromatic heterocycles. The molecule has 2 aliphatic heterocycles. The van der Waals surface area contributed by atoms with Gasteiger partial charge in [0.05, 0.1) is 12.6 Å². The highest BCUT2D eigenvalue weighted by Gasteiger charge is 2.39. The van der Waals surface area contributed by atoms with Gasteiger partial charge < -0.3 is 15.8 Å². The van der Waals surface area contributed by atoms with Gasteiger partial charge in [0.25, 0.3) is 0 Å². The summed E-state index contributed by atoms with van der Waals surface area (Å²) in [5, 5.41) is 3.35. The Morgan fingerprint density at radius 1 is 1.60 bits per heavy atom. The topological polar surface area (TPSA) is 62.9 Å². The van der Waals surface area contributed by atoms with Gasteiger partial charge in [-0.25, -0.2) is 0 Å². The number of hydrogen-bond acceptors (Lipinski definition) is 5. The Hall–Kier alpha value is -0.490. The molecular formula is C10H20N4O. The molecule has 0 radical (unpaired) electrons. The summed E-state index contributed by atoms with van der Waals surface area (Å²) in [6, 6.07) is 0.466. The third-order valence-corrected chi connectivity index (χ3v) is 3.46. The Bertz CT molecular complexity index is 246. The lowest BCUT2D eigenvalue weighted by Crippen LogP contribution is -2.54. The number of hydrogen-bond donors (Lipinski definition) is 2. The summed E-state index contributed by atoms with van der Waals surface area (Å²) in [5.74, 6) is 0.340. The molecule has 0 amide bonds. The molecule has 3 N–H and O–H groups in total. The summed E-state index contributed by atoms with van der Waals surface area (Å²) in [4.78, 5) is 6.54. The van der Waals surface area contributed by atoms with Crippen molar-refractivity contribution in [1.82, 2.24) is 10.2 Å². The molecule has 2 aliphatic rings. The predicted octanol–water partition coefficient (Wildman–Crippen LogP) is -1.11. The van der Waals surface area contributed by atoms with E-state index in [0.717, 1.165) is 19.8 Å². The Kier molecular flexibility index (Phi) is 3.35. The second-order valence-corrected chi connectivity index (χ2v) is 4.38. The van der Waals surface area contributed by atoms with Crippen molar-refractivity contribution >= 4 is 6.21 Å². The van der Waals surface area contributed by atoms with Crippen LogP contribution in [0.1, 0.15) is 0 Å². The van der Waals surface area contributed by atoms with E-state index in [1.54, 1.807) is 7.11 Å². The minimum Gasteiger partial charge on any atom is -0.379 e. The molecule has 15 heavy (non-hydrogen) atoms. The van der Waals surface area contributed by atoms with E-state index in [4.69, 9.17) is 10.5 Å². The largest absolute Gasteiger partial charge is 0.379 e. The fraction of sp³-hybridized carbons (Fsp3) is 0.900. The molecule has 4 unspecified atom stereocenters. The standard InChI is InChI=1S/C10H20N4O/c1-14-6-13-4-8(14)10-7(11)3-12-5-9(10)15-2/h3,7-10,13H,4-6,11H2,1-2H3. The van der Waals surface area contributed by atoms with E-state index in [1.165, 1.54) is 0 Å². The summed E-state index contributed by atoms with van der Waals surface area (Å²) in [7, 11) is 3.86. The van der Waals surface area contributed by atoms with Crippen LogP contribution in [0.15, 0.2) is 4.99 Å². The summed E-state index contributed by atoms with van der Waals surface area (Å²) < 4.78 is 5.49. The van der Waals surface area contributed by atoms with Crippen molar-refractivity contribution < 1.29 is 4.74 Å². The van der Waals surface area contributed by atoms with E-state index < -0.39 is 0 Å². The quantitative estimate of drug-likeness (QED) is 0.609. The molecule has 0 aliphatic carbocycles. The van der Waals surface area contributed by atoms with Crippen LogP contribution in [0.2, 0.25) is 0 Å². The van der Waals surface area contributed by atoms with E-state index in [2.05, 4.69) is 22.3 Å². The first-order chi connectivity index (χ1) is 7.24. The summed E-state index contributed by atoms with van der Waals surface area (Å²) in [5.41, 5.74) is 6.10. The molecule has 2 rings (SSSR count). The van der Waals surface area contributed by atoms with Gasteiger partial charge in [0.1, 0.15) is 0 Å². The van der Waals surface area contributed by atoms with Crippen molar-refractivity contribution in [2.24, 2.45) is 16.6 Å². The lowest BCUT2D eigenvalue weighted by Gasteiger charge is -2.37. The summed E-state index contributed by atoms with van der Waals surface area (Å²) in [6.45, 7) is 2.66. The molecule has 1 saturated heterocycles. The lowest BCUT2D eigenvalue weighted by molar-refractivity contribution is 0.0224. The van der Waals surface area contributed by atoms with Gasteiger partial charge in [-0.2, -0.15) is 0 Å². The van der Waals surface area contributed by atoms with Crippen LogP contribution in [-0.4, -0.2) is 63.2 Å². The van der Waals surface area contributed by atoms with Gasteiger partial charge in [0.2, 0.25) is 0 Å². The maximum absolute atomic E-state index is 6.10. The number of likely N-dealkylation sites (N-methyl/N-ethyl adjacent to an activating group) is 1. The fourth-order valence-electron chi connectivity index (χ4n) is 2.58. The Labute approximate surface area is 90.7 Å². The first-order valence-electron chi connectivity index (χ1n) is 5.43. The first-order valence-corrected chi connectivity index (χ1v) is 5.43. The molecule has 86 valence electrons. The second-order valence-electron chi connectivity index (χ2n) is 4.38. The SMILES string of the molecule is COC1CN=CC(N)C1C1CNCN1C. The van der Waals surface area contributed by atoms with E-state index in [-0.39, 0.29) is 12.1 Å². The predicted molar refractivity (Wildman–Crippen MR) is 60.0 cm³/mol. The van der Waals surface area contributed by atoms with Gasteiger partial charge in [-0.05, 0) is 7.05 Å². The van der Waals surface area contributed by atoms with Crippen LogP contribution in [0, 0.1) is 5.92 Å². The fourth-order valence-corrected chi connectivity index (χ4v) is 2.58. The van der Waals surface area contributed by atoms with Gasteiger partial charge in [0, 0.05) is 44.5 Å². The van der Waals surface area contributed by atoms with Crippen molar-refractivity contribution in [1.29, 1.82) is 0 Å². The average molecular weight is 212 g/mol. The van der Waals surface area contributed by atoms with Crippen molar-refractivity contribution in [3.63, 3.8) is 0 Å². The number of nitrogens with two attached hydrogens (primary N) is 1. The number of aliphatic imine (C=N–C) groups is 1. The maximum atomic E-state index is 6.10. The van der Waals surface area contributed by atoms with E-state index in [9.17, 15) is 0 Å². The molecule has 4 atom stereocenters. The zero-order chi connectivity index (χ0) is 10.8. The Morgan fingerprint density at radius 2 is 2.40 bits per heavy atom. The molecule has 0 spiro atoms. The van der Waals surface area contributed by atoms with Gasteiger partial charge in [-0.3, -0.25) is 9.89 Å². The molecule has 0 saturated carbocycles.